The minimum Gasteiger partial charge on any atom is -0.457 e. The molecule has 0 radical (unpaired) electrons. The van der Waals surface area contributed by atoms with E-state index in [2.05, 4.69) is 4.98 Å². The molecule has 1 aromatic heterocycles. The number of hydrogen-bond donors (Lipinski definition) is 0. The number of para-hydroxylation sites is 1. The van der Waals surface area contributed by atoms with E-state index in [1.54, 1.807) is 24.7 Å². The largest absolute Gasteiger partial charge is 0.457 e. The number of hydrogen-bond acceptors (Lipinski definition) is 4. The van der Waals surface area contributed by atoms with Crippen molar-refractivity contribution in [3.8, 4) is 11.5 Å². The van der Waals surface area contributed by atoms with Crippen molar-refractivity contribution in [3.63, 3.8) is 0 Å². The molecule has 104 valence electrons. The van der Waals surface area contributed by atoms with Gasteiger partial charge in [-0.05, 0) is 30.5 Å². The van der Waals surface area contributed by atoms with Gasteiger partial charge < -0.3 is 4.74 Å². The first-order valence-electron chi connectivity index (χ1n) is 5.96. The topological polar surface area (TPSA) is 39.2 Å². The molecule has 1 heterocycles. The molecule has 0 amide bonds. The molecule has 1 aromatic carbocycles. The fourth-order valence-corrected chi connectivity index (χ4v) is 3.07. The summed E-state index contributed by atoms with van der Waals surface area (Å²) in [6, 6.07) is 11.4. The Bertz CT molecular complexity index is 627. The van der Waals surface area contributed by atoms with Gasteiger partial charge in [0.25, 0.3) is 0 Å². The number of aromatic nitrogens is 1. The third-order valence-corrected chi connectivity index (χ3v) is 4.95. The summed E-state index contributed by atoms with van der Waals surface area (Å²) in [5, 5.41) is 0. The maximum absolute atomic E-state index is 11.6. The van der Waals surface area contributed by atoms with Crippen LogP contribution in [0.3, 0.4) is 0 Å². The van der Waals surface area contributed by atoms with E-state index in [0.29, 0.717) is 5.75 Å². The average Bonchev–Trinajstić information content (AvgIpc) is 2.47. The molecule has 0 bridgehead atoms. The molecule has 1 atom stereocenters. The molecule has 0 saturated heterocycles. The quantitative estimate of drug-likeness (QED) is 0.839. The zero-order valence-electron chi connectivity index (χ0n) is 11.3. The minimum atomic E-state index is -1.02. The number of benzene rings is 1. The molecule has 5 heteroatoms. The molecule has 0 spiro atoms. The Morgan fingerprint density at radius 3 is 2.70 bits per heavy atom. The van der Waals surface area contributed by atoms with Gasteiger partial charge in [-0.25, -0.2) is 0 Å². The highest BCUT2D eigenvalue weighted by molar-refractivity contribution is 8.16. The second-order valence-corrected chi connectivity index (χ2v) is 6.40. The number of rotatable bonds is 5. The number of ether oxygens (including phenoxy) is 1. The number of pyridine rings is 1. The normalized spacial score (nSPS) is 13.0. The molecular formula is C15H15NO2S2. The van der Waals surface area contributed by atoms with Gasteiger partial charge in [0.1, 0.15) is 11.5 Å². The van der Waals surface area contributed by atoms with Crippen molar-refractivity contribution in [3.05, 3.63) is 58.6 Å². The summed E-state index contributed by atoms with van der Waals surface area (Å²) in [5.41, 5.74) is 0.816. The molecule has 0 N–H and O–H groups in total. The Morgan fingerprint density at radius 1 is 1.30 bits per heavy atom. The fraction of sp³-hybridized carbons (Fsp3) is 0.133. The highest BCUT2D eigenvalue weighted by atomic mass is 32.2. The van der Waals surface area contributed by atoms with Gasteiger partial charge in [-0.15, -0.1) is 11.8 Å². The maximum atomic E-state index is 11.6. The van der Waals surface area contributed by atoms with Crippen molar-refractivity contribution in [1.29, 1.82) is 0 Å². The van der Waals surface area contributed by atoms with E-state index >= 15 is 0 Å². The van der Waals surface area contributed by atoms with E-state index in [1.165, 1.54) is 11.8 Å². The van der Waals surface area contributed by atoms with Crippen LogP contribution in [-0.4, -0.2) is 21.7 Å². The van der Waals surface area contributed by atoms with E-state index in [-0.39, 0.29) is 0 Å². The van der Waals surface area contributed by atoms with Gasteiger partial charge in [0, 0.05) is 24.2 Å². The van der Waals surface area contributed by atoms with Crippen LogP contribution in [0.2, 0.25) is 0 Å². The van der Waals surface area contributed by atoms with Crippen molar-refractivity contribution in [2.45, 2.75) is 0 Å². The molecule has 0 aliphatic heterocycles. The van der Waals surface area contributed by atoms with Crippen molar-refractivity contribution < 1.29 is 8.95 Å². The Morgan fingerprint density at radius 2 is 2.05 bits per heavy atom. The smallest absolute Gasteiger partial charge is 0.137 e. The SMILES string of the molecule is CSC(=Cc1cnccc1Oc1ccccc1)S(C)=O. The lowest BCUT2D eigenvalue weighted by Gasteiger charge is -2.09. The summed E-state index contributed by atoms with van der Waals surface area (Å²) in [6.45, 7) is 0. The molecule has 1 unspecified atom stereocenters. The van der Waals surface area contributed by atoms with Crippen LogP contribution in [0.15, 0.2) is 53.0 Å². The van der Waals surface area contributed by atoms with Crippen molar-refractivity contribution in [2.24, 2.45) is 0 Å². The first-order chi connectivity index (χ1) is 9.70. The predicted octanol–water partition coefficient (Wildman–Crippen LogP) is 3.91. The lowest BCUT2D eigenvalue weighted by Crippen LogP contribution is -1.91. The molecule has 20 heavy (non-hydrogen) atoms. The van der Waals surface area contributed by atoms with Gasteiger partial charge in [-0.1, -0.05) is 18.2 Å². The van der Waals surface area contributed by atoms with Gasteiger partial charge in [-0.2, -0.15) is 0 Å². The van der Waals surface area contributed by atoms with Crippen molar-refractivity contribution in [1.82, 2.24) is 4.98 Å². The van der Waals surface area contributed by atoms with Gasteiger partial charge in [0.15, 0.2) is 0 Å². The van der Waals surface area contributed by atoms with Gasteiger partial charge in [0.2, 0.25) is 0 Å². The molecule has 3 nitrogen and oxygen atoms in total. The fourth-order valence-electron chi connectivity index (χ4n) is 1.60. The van der Waals surface area contributed by atoms with Crippen molar-refractivity contribution in [2.75, 3.05) is 12.5 Å². The zero-order valence-corrected chi connectivity index (χ0v) is 12.9. The molecular weight excluding hydrogens is 290 g/mol. The van der Waals surface area contributed by atoms with Gasteiger partial charge in [0.05, 0.1) is 15.0 Å². The lowest BCUT2D eigenvalue weighted by atomic mass is 10.2. The van der Waals surface area contributed by atoms with Crippen molar-refractivity contribution >= 4 is 28.6 Å². The molecule has 0 aliphatic rings. The van der Waals surface area contributed by atoms with Crippen LogP contribution in [0.1, 0.15) is 5.56 Å². The summed E-state index contributed by atoms with van der Waals surface area (Å²) in [7, 11) is -1.02. The van der Waals surface area contributed by atoms with E-state index < -0.39 is 10.8 Å². The standard InChI is InChI=1S/C15H15NO2S2/c1-19-15(20(2)17)10-12-11-16-9-8-14(12)18-13-6-4-3-5-7-13/h3-11H,1-2H3. The van der Waals surface area contributed by atoms with E-state index in [9.17, 15) is 4.21 Å². The summed E-state index contributed by atoms with van der Waals surface area (Å²) >= 11 is 1.47. The number of nitrogens with zero attached hydrogens (tertiary/aromatic N) is 1. The van der Waals surface area contributed by atoms with Crippen LogP contribution in [0, 0.1) is 0 Å². The second kappa shape index (κ2) is 7.26. The van der Waals surface area contributed by atoms with E-state index in [4.69, 9.17) is 4.74 Å². The van der Waals surface area contributed by atoms with Crippen LogP contribution in [0.25, 0.3) is 6.08 Å². The molecule has 0 saturated carbocycles. The zero-order chi connectivity index (χ0) is 14.4. The maximum Gasteiger partial charge on any atom is 0.137 e. The monoisotopic (exact) mass is 305 g/mol. The summed E-state index contributed by atoms with van der Waals surface area (Å²) < 4.78 is 18.2. The number of thioether (sulfide) groups is 1. The Hall–Kier alpha value is -1.59. The van der Waals surface area contributed by atoms with Crippen LogP contribution < -0.4 is 4.74 Å². The van der Waals surface area contributed by atoms with E-state index in [0.717, 1.165) is 15.6 Å². The summed E-state index contributed by atoms with van der Waals surface area (Å²) in [4.78, 5) is 4.10. The predicted molar refractivity (Wildman–Crippen MR) is 86.3 cm³/mol. The average molecular weight is 305 g/mol. The van der Waals surface area contributed by atoms with Crippen LogP contribution in [-0.2, 0) is 10.8 Å². The first-order valence-corrected chi connectivity index (χ1v) is 8.75. The van der Waals surface area contributed by atoms with Crippen LogP contribution in [0.4, 0.5) is 0 Å². The third kappa shape index (κ3) is 3.95. The molecule has 0 aliphatic carbocycles. The first kappa shape index (κ1) is 14.8. The molecule has 2 aromatic rings. The van der Waals surface area contributed by atoms with Gasteiger partial charge in [-0.3, -0.25) is 9.19 Å². The van der Waals surface area contributed by atoms with Gasteiger partial charge >= 0.3 is 0 Å². The Balaban J connectivity index is 2.33. The highest BCUT2D eigenvalue weighted by Gasteiger charge is 2.06. The molecule has 0 fully saturated rings. The summed E-state index contributed by atoms with van der Waals surface area (Å²) in [5.74, 6) is 1.46. The second-order valence-electron chi connectivity index (χ2n) is 3.95. The Labute approximate surface area is 125 Å². The lowest BCUT2D eigenvalue weighted by molar-refractivity contribution is 0.481. The Kier molecular flexibility index (Phi) is 5.38. The van der Waals surface area contributed by atoms with Crippen LogP contribution >= 0.6 is 11.8 Å². The highest BCUT2D eigenvalue weighted by Crippen LogP contribution is 2.28. The third-order valence-electron chi connectivity index (χ3n) is 2.54. The van der Waals surface area contributed by atoms with E-state index in [1.807, 2.05) is 42.7 Å². The minimum absolute atomic E-state index is 0.697. The summed E-state index contributed by atoms with van der Waals surface area (Å²) in [6.07, 6.45) is 8.81. The van der Waals surface area contributed by atoms with Crippen LogP contribution in [0.5, 0.6) is 11.5 Å². The molecule has 2 rings (SSSR count).